The number of anilines is 5. The quantitative estimate of drug-likeness (QED) is 0.214. The van der Waals surface area contributed by atoms with E-state index in [1.807, 2.05) is 18.2 Å². The Morgan fingerprint density at radius 1 is 1.02 bits per heavy atom. The number of amides is 2. The monoisotopic (exact) mass is 581 g/mol. The van der Waals surface area contributed by atoms with Crippen LogP contribution in [0.15, 0.2) is 42.6 Å². The molecular formula is C29H36ClN7O4. The highest BCUT2D eigenvalue weighted by molar-refractivity contribution is 6.32. The second-order valence-corrected chi connectivity index (χ2v) is 10.4. The van der Waals surface area contributed by atoms with E-state index in [9.17, 15) is 4.79 Å². The summed E-state index contributed by atoms with van der Waals surface area (Å²) in [5, 5.41) is 16.1. The fourth-order valence-corrected chi connectivity index (χ4v) is 5.20. The van der Waals surface area contributed by atoms with Gasteiger partial charge in [0.05, 0.1) is 38.8 Å². The first-order chi connectivity index (χ1) is 20.0. The van der Waals surface area contributed by atoms with E-state index in [-0.39, 0.29) is 18.2 Å². The van der Waals surface area contributed by atoms with E-state index >= 15 is 0 Å². The van der Waals surface area contributed by atoms with Gasteiger partial charge in [-0.1, -0.05) is 36.9 Å². The summed E-state index contributed by atoms with van der Waals surface area (Å²) in [6, 6.07) is 11.1. The molecule has 12 heteroatoms. The predicted octanol–water partition coefficient (Wildman–Crippen LogP) is 5.75. The molecule has 1 aromatic heterocycles. The van der Waals surface area contributed by atoms with E-state index in [0.717, 1.165) is 50.0 Å². The van der Waals surface area contributed by atoms with Gasteiger partial charge in [-0.2, -0.15) is 4.98 Å². The van der Waals surface area contributed by atoms with Crippen LogP contribution in [0.2, 0.25) is 5.02 Å². The molecule has 5 N–H and O–H groups in total. The first kappa shape index (κ1) is 28.7. The molecule has 2 amide bonds. The van der Waals surface area contributed by atoms with Crippen LogP contribution in [0.4, 0.5) is 33.6 Å². The van der Waals surface area contributed by atoms with Crippen LogP contribution in [0.5, 0.6) is 11.5 Å². The molecule has 3 aromatic rings. The standard InChI is InChI=1S/C29H36ClN7O4/c1-39-24-14-19(8-10-21(24)26-17-31-12-13-41-26)33-27-22(30)16-32-28(37-27)36-23-11-9-20(15-25(23)40-2)35-29(38)34-18-6-4-3-5-7-18/h8-11,14-16,18,26,31H,3-7,12-13,17H2,1-2H3,(H2,34,35,38)(H2,32,33,36,37). The fraction of sp³-hybridized carbons (Fsp3) is 0.414. The van der Waals surface area contributed by atoms with Gasteiger partial charge >= 0.3 is 6.03 Å². The molecule has 0 radical (unpaired) electrons. The van der Waals surface area contributed by atoms with Crippen molar-refractivity contribution in [3.8, 4) is 11.5 Å². The Bertz CT molecular complexity index is 1350. The molecule has 1 saturated heterocycles. The van der Waals surface area contributed by atoms with Crippen LogP contribution in [0.25, 0.3) is 0 Å². The van der Waals surface area contributed by atoms with E-state index in [1.165, 1.54) is 12.6 Å². The number of benzene rings is 2. The van der Waals surface area contributed by atoms with E-state index in [2.05, 4.69) is 36.6 Å². The second kappa shape index (κ2) is 13.7. The normalized spacial score (nSPS) is 17.4. The van der Waals surface area contributed by atoms with Crippen molar-refractivity contribution in [2.24, 2.45) is 0 Å². The van der Waals surface area contributed by atoms with E-state index in [0.29, 0.717) is 46.3 Å². The third kappa shape index (κ3) is 7.49. The van der Waals surface area contributed by atoms with Crippen LogP contribution in [0, 0.1) is 0 Å². The van der Waals surface area contributed by atoms with Crippen molar-refractivity contribution >= 4 is 46.5 Å². The highest BCUT2D eigenvalue weighted by Crippen LogP contribution is 2.34. The zero-order chi connectivity index (χ0) is 28.6. The maximum Gasteiger partial charge on any atom is 0.319 e. The lowest BCUT2D eigenvalue weighted by Crippen LogP contribution is -2.39. The Labute approximate surface area is 244 Å². The van der Waals surface area contributed by atoms with Gasteiger partial charge in [0, 0.05) is 48.2 Å². The number of morpholine rings is 1. The number of urea groups is 1. The molecule has 1 saturated carbocycles. The van der Waals surface area contributed by atoms with Crippen molar-refractivity contribution in [3.05, 3.63) is 53.2 Å². The molecule has 1 unspecified atom stereocenters. The van der Waals surface area contributed by atoms with Crippen molar-refractivity contribution in [1.29, 1.82) is 0 Å². The molecule has 0 spiro atoms. The molecule has 11 nitrogen and oxygen atoms in total. The van der Waals surface area contributed by atoms with Crippen LogP contribution < -0.4 is 36.1 Å². The number of rotatable bonds is 9. The van der Waals surface area contributed by atoms with Crippen LogP contribution in [0.3, 0.4) is 0 Å². The number of carbonyl (C=O) groups excluding carboxylic acids is 1. The largest absolute Gasteiger partial charge is 0.496 e. The van der Waals surface area contributed by atoms with Gasteiger partial charge < -0.3 is 40.8 Å². The van der Waals surface area contributed by atoms with Crippen LogP contribution in [-0.4, -0.2) is 56.0 Å². The zero-order valence-electron chi connectivity index (χ0n) is 23.3. The Morgan fingerprint density at radius 3 is 2.56 bits per heavy atom. The van der Waals surface area contributed by atoms with Gasteiger partial charge in [-0.3, -0.25) is 0 Å². The van der Waals surface area contributed by atoms with Crippen LogP contribution in [-0.2, 0) is 4.74 Å². The number of halogens is 1. The van der Waals surface area contributed by atoms with Crippen molar-refractivity contribution < 1.29 is 19.0 Å². The van der Waals surface area contributed by atoms with E-state index in [1.54, 1.807) is 32.4 Å². The van der Waals surface area contributed by atoms with Crippen molar-refractivity contribution in [1.82, 2.24) is 20.6 Å². The predicted molar refractivity (Wildman–Crippen MR) is 160 cm³/mol. The number of carbonyl (C=O) groups is 1. The minimum atomic E-state index is -0.219. The lowest BCUT2D eigenvalue weighted by atomic mass is 9.96. The van der Waals surface area contributed by atoms with E-state index in [4.69, 9.17) is 25.8 Å². The average molecular weight is 582 g/mol. The molecule has 2 aromatic carbocycles. The molecule has 1 atom stereocenters. The first-order valence-corrected chi connectivity index (χ1v) is 14.2. The van der Waals surface area contributed by atoms with E-state index < -0.39 is 0 Å². The lowest BCUT2D eigenvalue weighted by molar-refractivity contribution is 0.0263. The van der Waals surface area contributed by atoms with Crippen molar-refractivity contribution in [2.45, 2.75) is 44.2 Å². The minimum absolute atomic E-state index is 0.0750. The average Bonchev–Trinajstić information content (AvgIpc) is 3.00. The molecule has 218 valence electrons. The summed E-state index contributed by atoms with van der Waals surface area (Å²) in [7, 11) is 3.20. The smallest absolute Gasteiger partial charge is 0.319 e. The van der Waals surface area contributed by atoms with Gasteiger partial charge in [-0.25, -0.2) is 9.78 Å². The van der Waals surface area contributed by atoms with Gasteiger partial charge in [0.25, 0.3) is 0 Å². The topological polar surface area (TPSA) is 131 Å². The van der Waals surface area contributed by atoms with Gasteiger partial charge in [0.15, 0.2) is 5.82 Å². The molecular weight excluding hydrogens is 546 g/mol. The number of methoxy groups -OCH3 is 2. The minimum Gasteiger partial charge on any atom is -0.496 e. The van der Waals surface area contributed by atoms with Gasteiger partial charge in [0.1, 0.15) is 16.5 Å². The third-order valence-corrected chi connectivity index (χ3v) is 7.44. The maximum atomic E-state index is 12.5. The highest BCUT2D eigenvalue weighted by Gasteiger charge is 2.20. The summed E-state index contributed by atoms with van der Waals surface area (Å²) >= 11 is 6.43. The lowest BCUT2D eigenvalue weighted by Gasteiger charge is -2.25. The number of nitrogens with one attached hydrogen (secondary N) is 5. The van der Waals surface area contributed by atoms with Gasteiger partial charge in [0.2, 0.25) is 5.95 Å². The highest BCUT2D eigenvalue weighted by atomic mass is 35.5. The number of ether oxygens (including phenoxy) is 3. The Kier molecular flexibility index (Phi) is 9.60. The third-order valence-electron chi connectivity index (χ3n) is 7.16. The summed E-state index contributed by atoms with van der Waals surface area (Å²) < 4.78 is 17.1. The molecule has 5 rings (SSSR count). The zero-order valence-corrected chi connectivity index (χ0v) is 24.0. The number of nitrogens with zero attached hydrogens (tertiary/aromatic N) is 2. The number of hydrogen-bond acceptors (Lipinski definition) is 9. The summed E-state index contributed by atoms with van der Waals surface area (Å²) in [4.78, 5) is 21.4. The summed E-state index contributed by atoms with van der Waals surface area (Å²) in [6.45, 7) is 2.22. The molecule has 2 fully saturated rings. The van der Waals surface area contributed by atoms with Gasteiger partial charge in [-0.15, -0.1) is 0 Å². The molecule has 1 aliphatic carbocycles. The fourth-order valence-electron chi connectivity index (χ4n) is 5.06. The van der Waals surface area contributed by atoms with Crippen LogP contribution in [0.1, 0.15) is 43.8 Å². The Morgan fingerprint density at radius 2 is 1.80 bits per heavy atom. The molecule has 1 aliphatic heterocycles. The maximum absolute atomic E-state index is 12.5. The van der Waals surface area contributed by atoms with Gasteiger partial charge in [-0.05, 0) is 31.0 Å². The molecule has 41 heavy (non-hydrogen) atoms. The number of hydrogen-bond donors (Lipinski definition) is 5. The van der Waals surface area contributed by atoms with Crippen LogP contribution >= 0.6 is 11.6 Å². The number of aromatic nitrogens is 2. The molecule has 0 bridgehead atoms. The summed E-state index contributed by atoms with van der Waals surface area (Å²) in [5.74, 6) is 1.97. The van der Waals surface area contributed by atoms with Crippen molar-refractivity contribution in [2.75, 3.05) is 49.9 Å². The Hall–Kier alpha value is -3.80. The second-order valence-electron chi connectivity index (χ2n) is 10.0. The SMILES string of the molecule is COc1cc(NC(=O)NC2CCCCC2)ccc1Nc1ncc(Cl)c(Nc2ccc(C3CNCCO3)c(OC)c2)n1. The molecule has 2 aliphatic rings. The van der Waals surface area contributed by atoms with Crippen molar-refractivity contribution in [3.63, 3.8) is 0 Å². The summed E-state index contributed by atoms with van der Waals surface area (Å²) in [6.07, 6.45) is 7.01. The Balaban J connectivity index is 1.26. The summed E-state index contributed by atoms with van der Waals surface area (Å²) in [5.41, 5.74) is 2.97. The molecule has 2 heterocycles. The first-order valence-electron chi connectivity index (χ1n) is 13.8.